The fourth-order valence-electron chi connectivity index (χ4n) is 2.05. The van der Waals surface area contributed by atoms with Crippen LogP contribution in [0.15, 0.2) is 24.3 Å². The zero-order chi connectivity index (χ0) is 10.5. The van der Waals surface area contributed by atoms with Crippen LogP contribution in [-0.4, -0.2) is 13.1 Å². The van der Waals surface area contributed by atoms with Gasteiger partial charge >= 0.3 is 0 Å². The number of rotatable bonds is 3. The van der Waals surface area contributed by atoms with Gasteiger partial charge in [-0.2, -0.15) is 0 Å². The number of hydrogen-bond donors (Lipinski definition) is 1. The van der Waals surface area contributed by atoms with Crippen LogP contribution in [0.2, 0.25) is 0 Å². The summed E-state index contributed by atoms with van der Waals surface area (Å²) in [6.07, 6.45) is 4.08. The van der Waals surface area contributed by atoms with Crippen LogP contribution in [0.3, 0.4) is 0 Å². The molecular formula is C12H17IN2. The number of benzene rings is 1. The second-order valence-electron chi connectivity index (χ2n) is 4.02. The van der Waals surface area contributed by atoms with E-state index in [1.54, 1.807) is 0 Å². The molecule has 1 aliphatic rings. The van der Waals surface area contributed by atoms with Gasteiger partial charge in [0.1, 0.15) is 0 Å². The first-order valence-electron chi connectivity index (χ1n) is 5.57. The topological polar surface area (TPSA) is 15.3 Å². The molecule has 1 N–H and O–H groups in total. The molecule has 0 amide bonds. The lowest BCUT2D eigenvalue weighted by Crippen LogP contribution is -2.29. The number of hydrogen-bond acceptors (Lipinski definition) is 2. The lowest BCUT2D eigenvalue weighted by Gasteiger charge is -2.28. The van der Waals surface area contributed by atoms with E-state index in [-0.39, 0.29) is 0 Å². The molecule has 3 heteroatoms. The summed E-state index contributed by atoms with van der Waals surface area (Å²) in [5, 5.41) is 0. The van der Waals surface area contributed by atoms with Gasteiger partial charge in [-0.05, 0) is 37.0 Å². The van der Waals surface area contributed by atoms with Gasteiger partial charge in [-0.1, -0.05) is 12.1 Å². The smallest absolute Gasteiger partial charge is 0.0366 e. The van der Waals surface area contributed by atoms with E-state index in [0.29, 0.717) is 0 Å². The van der Waals surface area contributed by atoms with Gasteiger partial charge in [0.25, 0.3) is 0 Å². The van der Waals surface area contributed by atoms with E-state index < -0.39 is 0 Å². The molecule has 1 aliphatic heterocycles. The second-order valence-corrected chi connectivity index (χ2v) is 4.79. The third-order valence-corrected chi connectivity index (χ3v) is 3.31. The van der Waals surface area contributed by atoms with Crippen molar-refractivity contribution in [1.29, 1.82) is 0 Å². The highest BCUT2D eigenvalue weighted by molar-refractivity contribution is 14.1. The zero-order valence-corrected chi connectivity index (χ0v) is 11.0. The maximum atomic E-state index is 3.14. The van der Waals surface area contributed by atoms with E-state index in [4.69, 9.17) is 0 Å². The van der Waals surface area contributed by atoms with Gasteiger partial charge in [-0.3, -0.25) is 3.53 Å². The molecule has 0 spiro atoms. The molecule has 1 aromatic rings. The molecule has 2 rings (SSSR count). The SMILES string of the molecule is INCc1ccc(N2CCCCC2)cc1. The van der Waals surface area contributed by atoms with E-state index in [2.05, 4.69) is 55.6 Å². The Morgan fingerprint density at radius 1 is 1.07 bits per heavy atom. The predicted octanol–water partition coefficient (Wildman–Crippen LogP) is 3.12. The van der Waals surface area contributed by atoms with Crippen molar-refractivity contribution < 1.29 is 0 Å². The van der Waals surface area contributed by atoms with Crippen molar-refractivity contribution >= 4 is 28.6 Å². The largest absolute Gasteiger partial charge is 0.372 e. The average Bonchev–Trinajstić information content (AvgIpc) is 2.32. The highest BCUT2D eigenvalue weighted by Crippen LogP contribution is 2.20. The number of piperidine rings is 1. The second kappa shape index (κ2) is 5.70. The number of nitrogens with zero attached hydrogens (tertiary/aromatic N) is 1. The van der Waals surface area contributed by atoms with Crippen LogP contribution in [-0.2, 0) is 6.54 Å². The standard InChI is InChI=1S/C12H17IN2/c13-14-10-11-4-6-12(7-5-11)15-8-2-1-3-9-15/h4-7,14H,1-3,8-10H2. The van der Waals surface area contributed by atoms with E-state index in [0.717, 1.165) is 6.54 Å². The third kappa shape index (κ3) is 3.08. The van der Waals surface area contributed by atoms with Crippen molar-refractivity contribution in [3.63, 3.8) is 0 Å². The van der Waals surface area contributed by atoms with Crippen LogP contribution in [0, 0.1) is 0 Å². The summed E-state index contributed by atoms with van der Waals surface area (Å²) < 4.78 is 3.14. The maximum Gasteiger partial charge on any atom is 0.0366 e. The summed E-state index contributed by atoms with van der Waals surface area (Å²) in [5.41, 5.74) is 2.73. The van der Waals surface area contributed by atoms with Crippen LogP contribution in [0.1, 0.15) is 24.8 Å². The molecule has 0 saturated carbocycles. The minimum absolute atomic E-state index is 0.945. The van der Waals surface area contributed by atoms with Gasteiger partial charge in [0, 0.05) is 48.2 Å². The van der Waals surface area contributed by atoms with Crippen LogP contribution in [0.25, 0.3) is 0 Å². The molecule has 0 unspecified atom stereocenters. The molecule has 0 bridgehead atoms. The first-order chi connectivity index (χ1) is 7.40. The Hall–Kier alpha value is -0.290. The van der Waals surface area contributed by atoms with Gasteiger partial charge in [-0.25, -0.2) is 0 Å². The quantitative estimate of drug-likeness (QED) is 0.681. The molecule has 0 radical (unpaired) electrons. The third-order valence-electron chi connectivity index (χ3n) is 2.93. The van der Waals surface area contributed by atoms with E-state index in [9.17, 15) is 0 Å². The predicted molar refractivity (Wildman–Crippen MR) is 73.4 cm³/mol. The van der Waals surface area contributed by atoms with Crippen LogP contribution in [0.5, 0.6) is 0 Å². The average molecular weight is 316 g/mol. The molecule has 1 fully saturated rings. The lowest BCUT2D eigenvalue weighted by molar-refractivity contribution is 0.578. The Morgan fingerprint density at radius 2 is 1.73 bits per heavy atom. The van der Waals surface area contributed by atoms with Gasteiger partial charge < -0.3 is 4.90 Å². The van der Waals surface area contributed by atoms with Crippen molar-refractivity contribution in [3.05, 3.63) is 29.8 Å². The molecule has 1 aromatic carbocycles. The molecule has 1 heterocycles. The Bertz CT molecular complexity index is 291. The Morgan fingerprint density at radius 3 is 2.33 bits per heavy atom. The van der Waals surface area contributed by atoms with Gasteiger partial charge in [0.15, 0.2) is 0 Å². The number of nitrogens with one attached hydrogen (secondary N) is 1. The van der Waals surface area contributed by atoms with Crippen LogP contribution in [0.4, 0.5) is 5.69 Å². The van der Waals surface area contributed by atoms with E-state index in [1.165, 1.54) is 43.6 Å². The molecule has 0 aromatic heterocycles. The molecule has 15 heavy (non-hydrogen) atoms. The van der Waals surface area contributed by atoms with Crippen LogP contribution >= 0.6 is 22.9 Å². The summed E-state index contributed by atoms with van der Waals surface area (Å²) in [5.74, 6) is 0. The maximum absolute atomic E-state index is 3.14. The Kier molecular flexibility index (Phi) is 4.26. The first kappa shape index (κ1) is 11.2. The summed E-state index contributed by atoms with van der Waals surface area (Å²) in [6.45, 7) is 3.40. The minimum Gasteiger partial charge on any atom is -0.372 e. The highest BCUT2D eigenvalue weighted by Gasteiger charge is 2.10. The van der Waals surface area contributed by atoms with Gasteiger partial charge in [0.05, 0.1) is 0 Å². The normalized spacial score (nSPS) is 16.7. The van der Waals surface area contributed by atoms with Crippen molar-refractivity contribution in [2.24, 2.45) is 0 Å². The molecule has 0 aliphatic carbocycles. The number of anilines is 1. The van der Waals surface area contributed by atoms with E-state index >= 15 is 0 Å². The molecule has 0 atom stereocenters. The number of halogens is 1. The van der Waals surface area contributed by atoms with Crippen LogP contribution < -0.4 is 8.43 Å². The molecule has 82 valence electrons. The molecular weight excluding hydrogens is 299 g/mol. The summed E-state index contributed by atoms with van der Waals surface area (Å²) in [7, 11) is 0. The highest BCUT2D eigenvalue weighted by atomic mass is 127. The summed E-state index contributed by atoms with van der Waals surface area (Å²) in [4.78, 5) is 2.49. The Balaban J connectivity index is 2.02. The molecule has 2 nitrogen and oxygen atoms in total. The fraction of sp³-hybridized carbons (Fsp3) is 0.500. The monoisotopic (exact) mass is 316 g/mol. The van der Waals surface area contributed by atoms with Crippen molar-refractivity contribution in [2.45, 2.75) is 25.8 Å². The van der Waals surface area contributed by atoms with Gasteiger partial charge in [0.2, 0.25) is 0 Å². The van der Waals surface area contributed by atoms with Crippen molar-refractivity contribution in [3.8, 4) is 0 Å². The zero-order valence-electron chi connectivity index (χ0n) is 8.88. The van der Waals surface area contributed by atoms with Crippen molar-refractivity contribution in [1.82, 2.24) is 3.53 Å². The van der Waals surface area contributed by atoms with E-state index in [1.807, 2.05) is 0 Å². The Labute approximate surface area is 106 Å². The first-order valence-corrected chi connectivity index (χ1v) is 6.65. The minimum atomic E-state index is 0.945. The molecule has 1 saturated heterocycles. The fourth-order valence-corrected chi connectivity index (χ4v) is 2.49. The summed E-state index contributed by atoms with van der Waals surface area (Å²) in [6, 6.07) is 8.93. The summed E-state index contributed by atoms with van der Waals surface area (Å²) >= 11 is 2.18. The lowest BCUT2D eigenvalue weighted by atomic mass is 10.1. The van der Waals surface area contributed by atoms with Gasteiger partial charge in [-0.15, -0.1) is 0 Å². The van der Waals surface area contributed by atoms with Crippen molar-refractivity contribution in [2.75, 3.05) is 18.0 Å².